The standard InChI is InChI=1S/C52H30S2/c1-2-11-32(12-3-1)48-40-14-6-8-16-42(40)49(43-17-9-7-15-41(43)48)37-21-20-33-28-34(18-19-35(33)29-37)36-22-24-39-44-25-26-45-50-38-13-5-4-10-31(38)23-27-46(50)53-52(45)51(44)54-47(39)30-36/h1-30H. The molecule has 0 aliphatic heterocycles. The first-order valence-electron chi connectivity index (χ1n) is 18.5. The molecule has 0 aliphatic rings. The minimum absolute atomic E-state index is 1.24. The molecule has 0 bridgehead atoms. The Bertz CT molecular complexity index is 3430. The Hall–Kier alpha value is -6.32. The van der Waals surface area contributed by atoms with Gasteiger partial charge in [0, 0.05) is 30.9 Å². The molecule has 2 aromatic heterocycles. The van der Waals surface area contributed by atoms with E-state index in [1.54, 1.807) is 0 Å². The lowest BCUT2D eigenvalue weighted by Crippen LogP contribution is -1.90. The second-order valence-electron chi connectivity index (χ2n) is 14.4. The summed E-state index contributed by atoms with van der Waals surface area (Å²) in [5.74, 6) is 0. The molecule has 0 saturated carbocycles. The van der Waals surface area contributed by atoms with Crippen LogP contribution >= 0.6 is 22.7 Å². The van der Waals surface area contributed by atoms with Crippen molar-refractivity contribution >= 4 is 106 Å². The zero-order chi connectivity index (χ0) is 35.3. The molecule has 10 aromatic carbocycles. The van der Waals surface area contributed by atoms with Gasteiger partial charge >= 0.3 is 0 Å². The molecule has 0 atom stereocenters. The summed E-state index contributed by atoms with van der Waals surface area (Å²) in [6, 6.07) is 67.7. The first-order valence-corrected chi connectivity index (χ1v) is 20.1. The highest BCUT2D eigenvalue weighted by molar-refractivity contribution is 7.33. The van der Waals surface area contributed by atoms with Gasteiger partial charge in [0.1, 0.15) is 0 Å². The molecule has 0 unspecified atom stereocenters. The van der Waals surface area contributed by atoms with E-state index in [-0.39, 0.29) is 0 Å². The van der Waals surface area contributed by atoms with Gasteiger partial charge in [0.2, 0.25) is 0 Å². The van der Waals surface area contributed by atoms with Gasteiger partial charge in [-0.3, -0.25) is 0 Å². The molecule has 2 heteroatoms. The number of benzene rings is 10. The average molecular weight is 719 g/mol. The van der Waals surface area contributed by atoms with Gasteiger partial charge in [-0.05, 0) is 101 Å². The Kier molecular flexibility index (Phi) is 6.48. The van der Waals surface area contributed by atoms with Crippen LogP contribution in [0.4, 0.5) is 0 Å². The van der Waals surface area contributed by atoms with Crippen molar-refractivity contribution in [2.45, 2.75) is 0 Å². The monoisotopic (exact) mass is 718 g/mol. The van der Waals surface area contributed by atoms with E-state index < -0.39 is 0 Å². The lowest BCUT2D eigenvalue weighted by Gasteiger charge is -2.18. The third-order valence-corrected chi connectivity index (χ3v) is 13.9. The predicted octanol–water partition coefficient (Wildman–Crippen LogP) is 16.0. The number of fused-ring (bicyclic) bond motifs is 12. The maximum Gasteiger partial charge on any atom is 0.0534 e. The molecule has 0 amide bonds. The zero-order valence-corrected chi connectivity index (χ0v) is 30.8. The smallest absolute Gasteiger partial charge is 0.0534 e. The molecule has 0 nitrogen and oxygen atoms in total. The molecule has 54 heavy (non-hydrogen) atoms. The average Bonchev–Trinajstić information content (AvgIpc) is 3.81. The normalized spacial score (nSPS) is 12.1. The van der Waals surface area contributed by atoms with Crippen LogP contribution in [0.3, 0.4) is 0 Å². The Morgan fingerprint density at radius 3 is 1.50 bits per heavy atom. The minimum atomic E-state index is 1.24. The molecule has 0 N–H and O–H groups in total. The lowest BCUT2D eigenvalue weighted by molar-refractivity contribution is 1.66. The van der Waals surface area contributed by atoms with Crippen LogP contribution in [0.1, 0.15) is 0 Å². The Balaban J connectivity index is 0.976. The number of hydrogen-bond acceptors (Lipinski definition) is 2. The van der Waals surface area contributed by atoms with Crippen molar-refractivity contribution in [3.8, 4) is 33.4 Å². The largest absolute Gasteiger partial charge is 0.134 e. The van der Waals surface area contributed by atoms with Crippen LogP contribution in [0.5, 0.6) is 0 Å². The number of rotatable bonds is 3. The maximum atomic E-state index is 2.40. The van der Waals surface area contributed by atoms with Crippen molar-refractivity contribution in [2.24, 2.45) is 0 Å². The molecule has 0 saturated heterocycles. The fourth-order valence-electron chi connectivity index (χ4n) is 8.95. The molecule has 0 spiro atoms. The summed E-state index contributed by atoms with van der Waals surface area (Å²) in [5.41, 5.74) is 7.59. The number of hydrogen-bond donors (Lipinski definition) is 0. The van der Waals surface area contributed by atoms with Crippen molar-refractivity contribution in [1.29, 1.82) is 0 Å². The number of thiophene rings is 2. The SMILES string of the molecule is c1ccc(-c2c3ccccc3c(-c3ccc4cc(-c5ccc6c(c5)sc5c6ccc6c5sc5ccc7ccccc7c56)ccc4c3)c3ccccc23)cc1. The fourth-order valence-corrected chi connectivity index (χ4v) is 11.5. The van der Waals surface area contributed by atoms with Crippen LogP contribution in [0, 0.1) is 0 Å². The Morgan fingerprint density at radius 2 is 0.759 bits per heavy atom. The Morgan fingerprint density at radius 1 is 0.259 bits per heavy atom. The van der Waals surface area contributed by atoms with Gasteiger partial charge in [-0.25, -0.2) is 0 Å². The van der Waals surface area contributed by atoms with E-state index in [1.807, 2.05) is 22.7 Å². The van der Waals surface area contributed by atoms with E-state index in [4.69, 9.17) is 0 Å². The highest BCUT2D eigenvalue weighted by atomic mass is 32.1. The topological polar surface area (TPSA) is 0 Å². The van der Waals surface area contributed by atoms with Gasteiger partial charge < -0.3 is 0 Å². The van der Waals surface area contributed by atoms with Crippen molar-refractivity contribution in [2.75, 3.05) is 0 Å². The summed E-state index contributed by atoms with van der Waals surface area (Å²) in [5, 5.41) is 15.7. The van der Waals surface area contributed by atoms with Crippen molar-refractivity contribution in [1.82, 2.24) is 0 Å². The second-order valence-corrected chi connectivity index (χ2v) is 16.5. The van der Waals surface area contributed by atoms with Gasteiger partial charge in [-0.2, -0.15) is 0 Å². The molecule has 0 fully saturated rings. The second kappa shape index (κ2) is 11.6. The van der Waals surface area contributed by atoms with E-state index in [1.165, 1.54) is 117 Å². The van der Waals surface area contributed by atoms with Gasteiger partial charge in [-0.1, -0.05) is 158 Å². The summed E-state index contributed by atoms with van der Waals surface area (Å²) >= 11 is 3.87. The molecule has 250 valence electrons. The van der Waals surface area contributed by atoms with Gasteiger partial charge in [-0.15, -0.1) is 22.7 Å². The fraction of sp³-hybridized carbons (Fsp3) is 0. The highest BCUT2D eigenvalue weighted by Crippen LogP contribution is 2.47. The third kappa shape index (κ3) is 4.42. The van der Waals surface area contributed by atoms with E-state index in [9.17, 15) is 0 Å². The van der Waals surface area contributed by atoms with Crippen LogP contribution in [0.15, 0.2) is 182 Å². The van der Waals surface area contributed by atoms with Gasteiger partial charge in [0.25, 0.3) is 0 Å². The minimum Gasteiger partial charge on any atom is -0.134 e. The van der Waals surface area contributed by atoms with E-state index >= 15 is 0 Å². The molecule has 12 rings (SSSR count). The molecular formula is C52H30S2. The van der Waals surface area contributed by atoms with Crippen LogP contribution in [-0.2, 0) is 0 Å². The highest BCUT2D eigenvalue weighted by Gasteiger charge is 2.18. The van der Waals surface area contributed by atoms with Crippen molar-refractivity contribution in [3.63, 3.8) is 0 Å². The van der Waals surface area contributed by atoms with Crippen molar-refractivity contribution < 1.29 is 0 Å². The quantitative estimate of drug-likeness (QED) is 0.160. The van der Waals surface area contributed by atoms with Crippen LogP contribution in [-0.4, -0.2) is 0 Å². The third-order valence-electron chi connectivity index (χ3n) is 11.4. The predicted molar refractivity (Wildman–Crippen MR) is 239 cm³/mol. The molecule has 0 radical (unpaired) electrons. The van der Waals surface area contributed by atoms with Crippen LogP contribution in [0.2, 0.25) is 0 Å². The maximum absolute atomic E-state index is 2.40. The first-order chi connectivity index (χ1) is 26.8. The summed E-state index contributed by atoms with van der Waals surface area (Å²) in [6.07, 6.45) is 0. The first kappa shape index (κ1) is 30.2. The summed E-state index contributed by atoms with van der Waals surface area (Å²) in [4.78, 5) is 0. The molecule has 0 aliphatic carbocycles. The summed E-state index contributed by atoms with van der Waals surface area (Å²) in [6.45, 7) is 0. The molecule has 2 heterocycles. The van der Waals surface area contributed by atoms with E-state index in [0.717, 1.165) is 0 Å². The lowest BCUT2D eigenvalue weighted by atomic mass is 9.85. The summed E-state index contributed by atoms with van der Waals surface area (Å²) in [7, 11) is 0. The van der Waals surface area contributed by atoms with Gasteiger partial charge in [0.15, 0.2) is 0 Å². The summed E-state index contributed by atoms with van der Waals surface area (Å²) < 4.78 is 5.50. The van der Waals surface area contributed by atoms with Crippen LogP contribution < -0.4 is 0 Å². The molecular weight excluding hydrogens is 689 g/mol. The molecule has 12 aromatic rings. The Labute approximate surface area is 319 Å². The van der Waals surface area contributed by atoms with E-state index in [2.05, 4.69) is 182 Å². The van der Waals surface area contributed by atoms with Gasteiger partial charge in [0.05, 0.1) is 9.40 Å². The van der Waals surface area contributed by atoms with E-state index in [0.29, 0.717) is 0 Å². The van der Waals surface area contributed by atoms with Crippen molar-refractivity contribution in [3.05, 3.63) is 182 Å². The van der Waals surface area contributed by atoms with Crippen LogP contribution in [0.25, 0.3) is 117 Å². The zero-order valence-electron chi connectivity index (χ0n) is 29.1.